The van der Waals surface area contributed by atoms with Crippen LogP contribution in [-0.2, 0) is 7.05 Å². The summed E-state index contributed by atoms with van der Waals surface area (Å²) in [4.78, 5) is 19.6. The number of hydrogen-bond donors (Lipinski definition) is 1. The third-order valence-electron chi connectivity index (χ3n) is 6.71. The summed E-state index contributed by atoms with van der Waals surface area (Å²) in [5.41, 5.74) is 5.61. The second-order valence-electron chi connectivity index (χ2n) is 8.89. The predicted molar refractivity (Wildman–Crippen MR) is 133 cm³/mol. The van der Waals surface area contributed by atoms with Crippen LogP contribution in [0.25, 0.3) is 44.3 Å². The highest BCUT2D eigenvalue weighted by Crippen LogP contribution is 2.34. The SMILES string of the molecule is CCN1CCC(Oc2ccncc2-c2cc3c(cn2)[nH]c2ncc(-c4cnn(C)c4)cc23)CC1. The number of aromatic nitrogens is 6. The molecule has 0 atom stereocenters. The van der Waals surface area contributed by atoms with Gasteiger partial charge in [-0.3, -0.25) is 14.6 Å². The number of H-pyrrole nitrogens is 1. The van der Waals surface area contributed by atoms with Crippen molar-refractivity contribution < 1.29 is 4.74 Å². The smallest absolute Gasteiger partial charge is 0.138 e. The van der Waals surface area contributed by atoms with Crippen LogP contribution in [0, 0.1) is 0 Å². The van der Waals surface area contributed by atoms with E-state index in [9.17, 15) is 0 Å². The molecule has 0 radical (unpaired) electrons. The van der Waals surface area contributed by atoms with Crippen molar-refractivity contribution in [2.75, 3.05) is 19.6 Å². The molecule has 1 fully saturated rings. The number of nitrogens with one attached hydrogen (secondary N) is 1. The summed E-state index contributed by atoms with van der Waals surface area (Å²) >= 11 is 0. The van der Waals surface area contributed by atoms with Gasteiger partial charge in [0.1, 0.15) is 17.5 Å². The van der Waals surface area contributed by atoms with Gasteiger partial charge in [0.2, 0.25) is 0 Å². The summed E-state index contributed by atoms with van der Waals surface area (Å²) in [7, 11) is 1.92. The van der Waals surface area contributed by atoms with Crippen LogP contribution in [0.5, 0.6) is 5.75 Å². The molecule has 1 saturated heterocycles. The van der Waals surface area contributed by atoms with E-state index in [0.717, 1.165) is 82.5 Å². The van der Waals surface area contributed by atoms with Crippen molar-refractivity contribution in [3.05, 3.63) is 55.4 Å². The standard InChI is InChI=1S/C26H27N7O/c1-3-33-8-5-19(6-9-33)34-25-4-7-27-14-22(25)23-11-20-21-10-17(18-13-30-32(2)16-18)12-29-26(21)31-24(20)15-28-23/h4,7,10-16,19H,3,5-6,8-9H2,1-2H3,(H,29,31). The summed E-state index contributed by atoms with van der Waals surface area (Å²) < 4.78 is 8.26. The Hall–Kier alpha value is -3.78. The molecule has 0 amide bonds. The van der Waals surface area contributed by atoms with Crippen molar-refractivity contribution in [3.8, 4) is 28.1 Å². The number of ether oxygens (including phenoxy) is 1. The predicted octanol–water partition coefficient (Wildman–Crippen LogP) is 4.44. The van der Waals surface area contributed by atoms with Gasteiger partial charge in [0.05, 0.1) is 29.2 Å². The molecule has 0 bridgehead atoms. The van der Waals surface area contributed by atoms with Crippen LogP contribution in [0.1, 0.15) is 19.8 Å². The number of aryl methyl sites for hydroxylation is 1. The monoisotopic (exact) mass is 453 g/mol. The fourth-order valence-electron chi connectivity index (χ4n) is 4.75. The Morgan fingerprint density at radius 3 is 2.71 bits per heavy atom. The fraction of sp³-hybridized carbons (Fsp3) is 0.308. The first-order valence-electron chi connectivity index (χ1n) is 11.8. The van der Waals surface area contributed by atoms with Crippen molar-refractivity contribution in [1.29, 1.82) is 0 Å². The highest BCUT2D eigenvalue weighted by Gasteiger charge is 2.21. The Bertz CT molecular complexity index is 1460. The minimum atomic E-state index is 0.215. The molecule has 8 nitrogen and oxygen atoms in total. The molecule has 0 saturated carbocycles. The molecule has 1 aliphatic rings. The molecule has 6 rings (SSSR count). The Balaban J connectivity index is 1.37. The second-order valence-corrected chi connectivity index (χ2v) is 8.89. The van der Waals surface area contributed by atoms with Gasteiger partial charge in [-0.15, -0.1) is 0 Å². The third kappa shape index (κ3) is 3.80. The average molecular weight is 454 g/mol. The van der Waals surface area contributed by atoms with Crippen LogP contribution >= 0.6 is 0 Å². The lowest BCUT2D eigenvalue weighted by Crippen LogP contribution is -2.38. The van der Waals surface area contributed by atoms with Crippen LogP contribution in [0.3, 0.4) is 0 Å². The summed E-state index contributed by atoms with van der Waals surface area (Å²) in [6.45, 7) is 5.46. The Morgan fingerprint density at radius 1 is 1.03 bits per heavy atom. The van der Waals surface area contributed by atoms with E-state index < -0.39 is 0 Å². The molecule has 172 valence electrons. The van der Waals surface area contributed by atoms with Crippen LogP contribution < -0.4 is 4.74 Å². The minimum Gasteiger partial charge on any atom is -0.490 e. The summed E-state index contributed by atoms with van der Waals surface area (Å²) in [6, 6.07) is 6.21. The van der Waals surface area contributed by atoms with Gasteiger partial charge in [-0.05, 0) is 37.6 Å². The molecule has 5 aromatic heterocycles. The van der Waals surface area contributed by atoms with Gasteiger partial charge in [0.25, 0.3) is 0 Å². The number of piperidine rings is 1. The maximum atomic E-state index is 6.46. The van der Waals surface area contributed by atoms with E-state index in [1.807, 2.05) is 44.1 Å². The highest BCUT2D eigenvalue weighted by atomic mass is 16.5. The van der Waals surface area contributed by atoms with Gasteiger partial charge in [-0.1, -0.05) is 6.92 Å². The Labute approximate surface area is 197 Å². The van der Waals surface area contributed by atoms with Crippen molar-refractivity contribution in [2.24, 2.45) is 7.05 Å². The lowest BCUT2D eigenvalue weighted by molar-refractivity contribution is 0.104. The minimum absolute atomic E-state index is 0.215. The molecule has 6 heterocycles. The Morgan fingerprint density at radius 2 is 1.91 bits per heavy atom. The maximum absolute atomic E-state index is 6.46. The zero-order valence-electron chi connectivity index (χ0n) is 19.4. The summed E-state index contributed by atoms with van der Waals surface area (Å²) in [6.07, 6.45) is 13.5. The lowest BCUT2D eigenvalue weighted by Gasteiger charge is -2.31. The number of pyridine rings is 3. The number of likely N-dealkylation sites (tertiary alicyclic amines) is 1. The van der Waals surface area contributed by atoms with Crippen LogP contribution in [0.15, 0.2) is 55.4 Å². The Kier molecular flexibility index (Phi) is 5.22. The van der Waals surface area contributed by atoms with Crippen LogP contribution in [0.2, 0.25) is 0 Å². The van der Waals surface area contributed by atoms with Crippen molar-refractivity contribution in [2.45, 2.75) is 25.9 Å². The molecule has 8 heteroatoms. The van der Waals surface area contributed by atoms with E-state index in [0.29, 0.717) is 0 Å². The zero-order chi connectivity index (χ0) is 23.1. The lowest BCUT2D eigenvalue weighted by atomic mass is 10.1. The molecule has 0 aliphatic carbocycles. The molecule has 0 aromatic carbocycles. The maximum Gasteiger partial charge on any atom is 0.138 e. The van der Waals surface area contributed by atoms with Gasteiger partial charge in [0.15, 0.2) is 0 Å². The van der Waals surface area contributed by atoms with Crippen LogP contribution in [0.4, 0.5) is 0 Å². The first kappa shape index (κ1) is 20.8. The fourth-order valence-corrected chi connectivity index (χ4v) is 4.75. The number of nitrogens with zero attached hydrogens (tertiary/aromatic N) is 6. The molecule has 34 heavy (non-hydrogen) atoms. The van der Waals surface area contributed by atoms with E-state index in [1.165, 1.54) is 0 Å². The van der Waals surface area contributed by atoms with Gasteiger partial charge in [0, 0.05) is 66.8 Å². The molecular weight excluding hydrogens is 426 g/mol. The van der Waals surface area contributed by atoms with Crippen molar-refractivity contribution in [1.82, 2.24) is 34.6 Å². The van der Waals surface area contributed by atoms with E-state index in [-0.39, 0.29) is 6.10 Å². The van der Waals surface area contributed by atoms with Crippen molar-refractivity contribution in [3.63, 3.8) is 0 Å². The van der Waals surface area contributed by atoms with E-state index >= 15 is 0 Å². The highest BCUT2D eigenvalue weighted by molar-refractivity contribution is 6.07. The molecule has 5 aromatic rings. The molecule has 0 spiro atoms. The largest absolute Gasteiger partial charge is 0.490 e. The van der Waals surface area contributed by atoms with Crippen molar-refractivity contribution >= 4 is 21.9 Å². The number of aromatic amines is 1. The van der Waals surface area contributed by atoms with Gasteiger partial charge >= 0.3 is 0 Å². The first-order chi connectivity index (χ1) is 16.7. The van der Waals surface area contributed by atoms with E-state index in [4.69, 9.17) is 9.72 Å². The first-order valence-corrected chi connectivity index (χ1v) is 11.8. The average Bonchev–Trinajstić information content (AvgIpc) is 3.47. The summed E-state index contributed by atoms with van der Waals surface area (Å²) in [5, 5.41) is 6.42. The molecule has 1 aliphatic heterocycles. The number of hydrogen-bond acceptors (Lipinski definition) is 6. The van der Waals surface area contributed by atoms with E-state index in [2.05, 4.69) is 44.0 Å². The molecule has 0 unspecified atom stereocenters. The second kappa shape index (κ2) is 8.53. The van der Waals surface area contributed by atoms with E-state index in [1.54, 1.807) is 10.9 Å². The normalized spacial score (nSPS) is 15.4. The third-order valence-corrected chi connectivity index (χ3v) is 6.71. The molecular formula is C26H27N7O. The van der Waals surface area contributed by atoms with Gasteiger partial charge < -0.3 is 14.6 Å². The number of rotatable bonds is 5. The van der Waals surface area contributed by atoms with Crippen LogP contribution in [-0.4, -0.2) is 60.4 Å². The zero-order valence-corrected chi connectivity index (χ0v) is 19.4. The molecule has 1 N–H and O–H groups in total. The summed E-state index contributed by atoms with van der Waals surface area (Å²) in [5.74, 6) is 0.839. The van der Waals surface area contributed by atoms with Gasteiger partial charge in [-0.2, -0.15) is 5.10 Å². The topological polar surface area (TPSA) is 84.8 Å². The van der Waals surface area contributed by atoms with Gasteiger partial charge in [-0.25, -0.2) is 4.98 Å². The number of fused-ring (bicyclic) bond motifs is 3. The quantitative estimate of drug-likeness (QED) is 0.424.